The van der Waals surface area contributed by atoms with Gasteiger partial charge in [0, 0.05) is 24.5 Å². The second-order valence-corrected chi connectivity index (χ2v) is 5.14. The summed E-state index contributed by atoms with van der Waals surface area (Å²) in [6.45, 7) is 0.375. The Morgan fingerprint density at radius 2 is 2.09 bits per heavy atom. The van der Waals surface area contributed by atoms with Gasteiger partial charge in [-0.3, -0.25) is 9.78 Å². The lowest BCUT2D eigenvalue weighted by Gasteiger charge is -2.23. The molecule has 0 spiro atoms. The molecule has 2 aromatic rings. The fourth-order valence-corrected chi connectivity index (χ4v) is 2.81. The number of esters is 1. The van der Waals surface area contributed by atoms with Crippen LogP contribution in [0.4, 0.5) is 0 Å². The zero-order valence-electron chi connectivity index (χ0n) is 12.0. The number of hydrogen-bond acceptors (Lipinski definition) is 5. The van der Waals surface area contributed by atoms with E-state index in [-0.39, 0.29) is 17.6 Å². The molecule has 114 valence electrons. The van der Waals surface area contributed by atoms with Crippen molar-refractivity contribution < 1.29 is 19.4 Å². The highest BCUT2D eigenvalue weighted by Gasteiger charge is 2.31. The van der Waals surface area contributed by atoms with Crippen LogP contribution in [0.3, 0.4) is 0 Å². The number of methoxy groups -OCH3 is 1. The van der Waals surface area contributed by atoms with Gasteiger partial charge in [0.05, 0.1) is 18.7 Å². The summed E-state index contributed by atoms with van der Waals surface area (Å²) in [6.07, 6.45) is 4.30. The highest BCUT2D eigenvalue weighted by Crippen LogP contribution is 2.30. The number of aromatic carboxylic acids is 1. The number of ether oxygens (including phenoxy) is 1. The van der Waals surface area contributed by atoms with E-state index in [9.17, 15) is 14.7 Å². The van der Waals surface area contributed by atoms with E-state index < -0.39 is 5.97 Å². The lowest BCUT2D eigenvalue weighted by Crippen LogP contribution is -2.28. The van der Waals surface area contributed by atoms with Crippen LogP contribution in [0.2, 0.25) is 0 Å². The maximum absolute atomic E-state index is 11.8. The Bertz CT molecular complexity index is 724. The van der Waals surface area contributed by atoms with Gasteiger partial charge in [0.15, 0.2) is 5.69 Å². The summed E-state index contributed by atoms with van der Waals surface area (Å²) in [5.74, 6) is -1.07. The number of carboxylic acid groups (broad SMARTS) is 1. The van der Waals surface area contributed by atoms with Gasteiger partial charge < -0.3 is 14.4 Å². The zero-order chi connectivity index (χ0) is 15.7. The maximum Gasteiger partial charge on any atom is 0.356 e. The van der Waals surface area contributed by atoms with Crippen molar-refractivity contribution in [3.8, 4) is 11.4 Å². The molecule has 1 atom stereocenters. The minimum absolute atomic E-state index is 0.0510. The number of rotatable bonds is 3. The molecule has 0 saturated carbocycles. The Morgan fingerprint density at radius 1 is 1.36 bits per heavy atom. The van der Waals surface area contributed by atoms with Crippen LogP contribution < -0.4 is 0 Å². The molecule has 3 heterocycles. The highest BCUT2D eigenvalue weighted by atomic mass is 16.5. The molecule has 3 rings (SSSR count). The lowest BCUT2D eigenvalue weighted by atomic mass is 9.97. The first-order valence-electron chi connectivity index (χ1n) is 6.92. The third-order valence-electron chi connectivity index (χ3n) is 3.88. The van der Waals surface area contributed by atoms with Crippen LogP contribution in [-0.4, -0.2) is 38.7 Å². The van der Waals surface area contributed by atoms with Crippen LogP contribution in [0.15, 0.2) is 24.5 Å². The Hall–Kier alpha value is -2.70. The first-order chi connectivity index (χ1) is 10.6. The normalized spacial score (nSPS) is 16.9. The minimum Gasteiger partial charge on any atom is -0.476 e. The Balaban J connectivity index is 2.09. The summed E-state index contributed by atoms with van der Waals surface area (Å²) >= 11 is 0. The summed E-state index contributed by atoms with van der Waals surface area (Å²) in [6, 6.07) is 3.53. The second-order valence-electron chi connectivity index (χ2n) is 5.14. The average Bonchev–Trinajstić information content (AvgIpc) is 2.94. The topological polar surface area (TPSA) is 94.3 Å². The molecule has 0 radical (unpaired) electrons. The number of aromatic nitrogens is 3. The predicted octanol–water partition coefficient (Wildman–Crippen LogP) is 1.38. The number of carboxylic acids is 1. The maximum atomic E-state index is 11.8. The summed E-state index contributed by atoms with van der Waals surface area (Å²) in [4.78, 5) is 31.4. The number of carbonyl (C=O) groups is 2. The van der Waals surface area contributed by atoms with Crippen LogP contribution >= 0.6 is 0 Å². The Morgan fingerprint density at radius 3 is 2.73 bits per heavy atom. The monoisotopic (exact) mass is 301 g/mol. The van der Waals surface area contributed by atoms with Gasteiger partial charge in [-0.25, -0.2) is 9.78 Å². The van der Waals surface area contributed by atoms with E-state index in [1.54, 1.807) is 24.5 Å². The molecule has 0 bridgehead atoms. The molecule has 22 heavy (non-hydrogen) atoms. The first-order valence-corrected chi connectivity index (χ1v) is 6.92. The van der Waals surface area contributed by atoms with Gasteiger partial charge in [-0.15, -0.1) is 0 Å². The van der Waals surface area contributed by atoms with Crippen molar-refractivity contribution in [2.45, 2.75) is 19.4 Å². The van der Waals surface area contributed by atoms with E-state index >= 15 is 0 Å². The van der Waals surface area contributed by atoms with Crippen molar-refractivity contribution in [3.63, 3.8) is 0 Å². The van der Waals surface area contributed by atoms with Crippen LogP contribution in [0.25, 0.3) is 11.4 Å². The summed E-state index contributed by atoms with van der Waals surface area (Å²) in [5, 5.41) is 9.34. The molecule has 1 N–H and O–H groups in total. The summed E-state index contributed by atoms with van der Waals surface area (Å²) in [5.41, 5.74) is 1.48. The van der Waals surface area contributed by atoms with E-state index in [0.29, 0.717) is 30.9 Å². The summed E-state index contributed by atoms with van der Waals surface area (Å²) in [7, 11) is 1.36. The third kappa shape index (κ3) is 2.34. The van der Waals surface area contributed by atoms with Gasteiger partial charge in [0.25, 0.3) is 0 Å². The number of hydrogen-bond donors (Lipinski definition) is 1. The molecule has 0 amide bonds. The van der Waals surface area contributed by atoms with Crippen molar-refractivity contribution in [2.24, 2.45) is 5.92 Å². The van der Waals surface area contributed by atoms with Crippen LogP contribution in [-0.2, 0) is 22.5 Å². The standard InChI is InChI=1S/C15H15N3O4/c1-22-15(21)10-2-3-11-12(14(19)20)17-13(18(11)8-10)9-4-6-16-7-5-9/h4-7,10H,2-3,8H2,1H3,(H,19,20). The van der Waals surface area contributed by atoms with Crippen molar-refractivity contribution in [1.29, 1.82) is 0 Å². The fraction of sp³-hybridized carbons (Fsp3) is 0.333. The van der Waals surface area contributed by atoms with Gasteiger partial charge in [0.2, 0.25) is 0 Å². The molecule has 1 unspecified atom stereocenters. The van der Waals surface area contributed by atoms with E-state index in [1.807, 2.05) is 4.57 Å². The number of imidazole rings is 1. The molecule has 7 heteroatoms. The predicted molar refractivity (Wildman–Crippen MR) is 76.2 cm³/mol. The van der Waals surface area contributed by atoms with E-state index in [2.05, 4.69) is 9.97 Å². The largest absolute Gasteiger partial charge is 0.476 e. The van der Waals surface area contributed by atoms with E-state index in [1.165, 1.54) is 7.11 Å². The molecule has 0 fully saturated rings. The molecule has 7 nitrogen and oxygen atoms in total. The number of pyridine rings is 1. The molecule has 0 aromatic carbocycles. The van der Waals surface area contributed by atoms with Crippen LogP contribution in [0, 0.1) is 5.92 Å². The van der Waals surface area contributed by atoms with E-state index in [4.69, 9.17) is 4.74 Å². The van der Waals surface area contributed by atoms with Gasteiger partial charge in [-0.2, -0.15) is 0 Å². The SMILES string of the molecule is COC(=O)C1CCc2c(C(=O)O)nc(-c3ccncc3)n2C1. The first kappa shape index (κ1) is 14.2. The highest BCUT2D eigenvalue weighted by molar-refractivity contribution is 5.88. The van der Waals surface area contributed by atoms with Gasteiger partial charge in [-0.1, -0.05) is 0 Å². The zero-order valence-corrected chi connectivity index (χ0v) is 12.0. The van der Waals surface area contributed by atoms with Crippen molar-refractivity contribution in [3.05, 3.63) is 35.9 Å². The molecule has 1 aliphatic heterocycles. The third-order valence-corrected chi connectivity index (χ3v) is 3.88. The number of carbonyl (C=O) groups excluding carboxylic acids is 1. The van der Waals surface area contributed by atoms with Crippen molar-refractivity contribution >= 4 is 11.9 Å². The van der Waals surface area contributed by atoms with Gasteiger partial charge >= 0.3 is 11.9 Å². The Labute approximate surface area is 126 Å². The quantitative estimate of drug-likeness (QED) is 0.861. The van der Waals surface area contributed by atoms with Crippen LogP contribution in [0.1, 0.15) is 22.6 Å². The van der Waals surface area contributed by atoms with Crippen LogP contribution in [0.5, 0.6) is 0 Å². The molecule has 0 aliphatic carbocycles. The van der Waals surface area contributed by atoms with Gasteiger partial charge in [-0.05, 0) is 25.0 Å². The molecule has 0 saturated heterocycles. The fourth-order valence-electron chi connectivity index (χ4n) is 2.81. The minimum atomic E-state index is -1.06. The smallest absolute Gasteiger partial charge is 0.356 e. The van der Waals surface area contributed by atoms with E-state index in [0.717, 1.165) is 5.56 Å². The molecular formula is C15H15N3O4. The average molecular weight is 301 g/mol. The van der Waals surface area contributed by atoms with Gasteiger partial charge in [0.1, 0.15) is 5.82 Å². The summed E-state index contributed by atoms with van der Waals surface area (Å²) < 4.78 is 6.61. The number of fused-ring (bicyclic) bond motifs is 1. The van der Waals surface area contributed by atoms with Crippen molar-refractivity contribution in [1.82, 2.24) is 14.5 Å². The number of nitrogens with zero attached hydrogens (tertiary/aromatic N) is 3. The molecular weight excluding hydrogens is 286 g/mol. The second kappa shape index (κ2) is 5.59. The molecule has 2 aromatic heterocycles. The Kier molecular flexibility index (Phi) is 3.62. The van der Waals surface area contributed by atoms with Crippen molar-refractivity contribution in [2.75, 3.05) is 7.11 Å². The lowest BCUT2D eigenvalue weighted by molar-refractivity contribution is -0.146. The molecule has 1 aliphatic rings.